The number of aromatic nitrogens is 1. The Balaban J connectivity index is 1.58. The van der Waals surface area contributed by atoms with Gasteiger partial charge in [0.25, 0.3) is 5.91 Å². The molecule has 0 spiro atoms. The van der Waals surface area contributed by atoms with E-state index in [0.717, 1.165) is 63.3 Å². The maximum Gasteiger partial charge on any atom is 0.255 e. The van der Waals surface area contributed by atoms with Gasteiger partial charge in [-0.1, -0.05) is 13.8 Å². The number of hydrogen-bond acceptors (Lipinski definition) is 4. The average Bonchev–Trinajstić information content (AvgIpc) is 2.68. The van der Waals surface area contributed by atoms with E-state index in [1.54, 1.807) is 13.3 Å². The van der Waals surface area contributed by atoms with Crippen LogP contribution >= 0.6 is 0 Å². The van der Waals surface area contributed by atoms with E-state index in [0.29, 0.717) is 11.5 Å². The zero-order chi connectivity index (χ0) is 18.5. The highest BCUT2D eigenvalue weighted by atomic mass is 16.5. The normalized spacial score (nSPS) is 22.1. The van der Waals surface area contributed by atoms with Crippen molar-refractivity contribution in [3.63, 3.8) is 0 Å². The molecule has 0 bridgehead atoms. The topological polar surface area (TPSA) is 45.7 Å². The second-order valence-electron chi connectivity index (χ2n) is 8.19. The quantitative estimate of drug-likeness (QED) is 0.808. The van der Waals surface area contributed by atoms with Gasteiger partial charge >= 0.3 is 0 Å². The highest BCUT2D eigenvalue weighted by Crippen LogP contribution is 2.27. The summed E-state index contributed by atoms with van der Waals surface area (Å²) in [5, 5.41) is 0. The Labute approximate surface area is 157 Å². The summed E-state index contributed by atoms with van der Waals surface area (Å²) in [7, 11) is 1.73. The highest BCUT2D eigenvalue weighted by molar-refractivity contribution is 5.94. The fourth-order valence-electron chi connectivity index (χ4n) is 4.30. The first kappa shape index (κ1) is 19.2. The van der Waals surface area contributed by atoms with E-state index in [9.17, 15) is 4.79 Å². The van der Waals surface area contributed by atoms with Crippen molar-refractivity contribution in [1.82, 2.24) is 9.88 Å². The first-order valence-corrected chi connectivity index (χ1v) is 10.1. The number of anilines is 1. The lowest BCUT2D eigenvalue weighted by Gasteiger charge is -2.35. The number of methoxy groups -OCH3 is 1. The zero-order valence-electron chi connectivity index (χ0n) is 16.5. The van der Waals surface area contributed by atoms with Gasteiger partial charge < -0.3 is 14.5 Å². The monoisotopic (exact) mass is 359 g/mol. The number of rotatable bonds is 5. The lowest BCUT2D eigenvalue weighted by atomic mass is 9.87. The Kier molecular flexibility index (Phi) is 6.52. The second-order valence-corrected chi connectivity index (χ2v) is 8.19. The van der Waals surface area contributed by atoms with E-state index in [1.165, 1.54) is 12.8 Å². The second kappa shape index (κ2) is 8.85. The van der Waals surface area contributed by atoms with Crippen LogP contribution < -0.4 is 4.90 Å². The molecule has 1 aromatic heterocycles. The number of carbonyl (C=O) groups is 1. The molecule has 2 aliphatic heterocycles. The predicted octanol–water partition coefficient (Wildman–Crippen LogP) is 3.45. The molecule has 0 radical (unpaired) electrons. The van der Waals surface area contributed by atoms with Gasteiger partial charge in [-0.25, -0.2) is 4.98 Å². The molecular weight excluding hydrogens is 326 g/mol. The van der Waals surface area contributed by atoms with Crippen LogP contribution in [0.5, 0.6) is 0 Å². The number of carbonyl (C=O) groups excluding carboxylic acids is 1. The Hall–Kier alpha value is -1.62. The van der Waals surface area contributed by atoms with Crippen molar-refractivity contribution >= 4 is 11.7 Å². The summed E-state index contributed by atoms with van der Waals surface area (Å²) in [5.74, 6) is 3.14. The summed E-state index contributed by atoms with van der Waals surface area (Å²) in [5.41, 5.74) is 0.698. The lowest BCUT2D eigenvalue weighted by molar-refractivity contribution is 0.0570. The predicted molar refractivity (Wildman–Crippen MR) is 105 cm³/mol. The molecule has 0 unspecified atom stereocenters. The molecule has 0 saturated carbocycles. The summed E-state index contributed by atoms with van der Waals surface area (Å²) < 4.78 is 5.26. The lowest BCUT2D eigenvalue weighted by Crippen LogP contribution is -2.41. The zero-order valence-corrected chi connectivity index (χ0v) is 16.5. The van der Waals surface area contributed by atoms with Crippen molar-refractivity contribution in [1.29, 1.82) is 0 Å². The number of nitrogens with zero attached hydrogens (tertiary/aromatic N) is 3. The van der Waals surface area contributed by atoms with Gasteiger partial charge in [-0.2, -0.15) is 0 Å². The van der Waals surface area contributed by atoms with Crippen LogP contribution in [0.15, 0.2) is 18.3 Å². The van der Waals surface area contributed by atoms with Gasteiger partial charge in [0, 0.05) is 39.5 Å². The molecule has 3 rings (SSSR count). The van der Waals surface area contributed by atoms with Crippen LogP contribution in [0.2, 0.25) is 0 Å². The molecule has 2 aliphatic rings. The van der Waals surface area contributed by atoms with Gasteiger partial charge in [0.15, 0.2) is 0 Å². The highest BCUT2D eigenvalue weighted by Gasteiger charge is 2.25. The van der Waals surface area contributed by atoms with Crippen LogP contribution in [0.1, 0.15) is 49.9 Å². The van der Waals surface area contributed by atoms with Gasteiger partial charge in [-0.3, -0.25) is 4.79 Å². The number of piperidine rings is 2. The number of hydrogen-bond donors (Lipinski definition) is 0. The van der Waals surface area contributed by atoms with Gasteiger partial charge in [-0.05, 0) is 55.6 Å². The molecule has 3 heterocycles. The fraction of sp³-hybridized carbons (Fsp3) is 0.714. The van der Waals surface area contributed by atoms with Crippen LogP contribution in [0.4, 0.5) is 5.82 Å². The molecule has 1 aromatic rings. The number of amides is 1. The third-order valence-electron chi connectivity index (χ3n) is 6.01. The number of likely N-dealkylation sites (tertiary alicyclic amines) is 1. The molecule has 1 atom stereocenters. The molecule has 5 nitrogen and oxygen atoms in total. The summed E-state index contributed by atoms with van der Waals surface area (Å²) in [6.45, 7) is 9.11. The van der Waals surface area contributed by atoms with Crippen LogP contribution in [-0.2, 0) is 4.74 Å². The molecule has 144 valence electrons. The Morgan fingerprint density at radius 3 is 2.62 bits per heavy atom. The smallest absolute Gasteiger partial charge is 0.255 e. The minimum Gasteiger partial charge on any atom is -0.384 e. The Bertz CT molecular complexity index is 577. The molecule has 0 aliphatic carbocycles. The Morgan fingerprint density at radius 2 is 2.00 bits per heavy atom. The summed E-state index contributed by atoms with van der Waals surface area (Å²) >= 11 is 0. The third-order valence-corrected chi connectivity index (χ3v) is 6.01. The summed E-state index contributed by atoms with van der Waals surface area (Å²) in [4.78, 5) is 21.7. The summed E-state index contributed by atoms with van der Waals surface area (Å²) in [6, 6.07) is 3.96. The van der Waals surface area contributed by atoms with Crippen molar-refractivity contribution in [2.45, 2.75) is 39.5 Å². The van der Waals surface area contributed by atoms with E-state index < -0.39 is 0 Å². The fourth-order valence-corrected chi connectivity index (χ4v) is 4.30. The van der Waals surface area contributed by atoms with Crippen molar-refractivity contribution in [2.24, 2.45) is 17.8 Å². The van der Waals surface area contributed by atoms with Crippen LogP contribution in [0, 0.1) is 17.8 Å². The van der Waals surface area contributed by atoms with Gasteiger partial charge in [0.2, 0.25) is 0 Å². The average molecular weight is 360 g/mol. The van der Waals surface area contributed by atoms with Crippen molar-refractivity contribution in [2.75, 3.05) is 44.8 Å². The molecule has 0 N–H and O–H groups in total. The first-order chi connectivity index (χ1) is 12.6. The molecule has 26 heavy (non-hydrogen) atoms. The van der Waals surface area contributed by atoms with E-state index in [-0.39, 0.29) is 5.91 Å². The van der Waals surface area contributed by atoms with Gasteiger partial charge in [-0.15, -0.1) is 0 Å². The SMILES string of the molecule is COC[C@H]1CCCN(C(=O)c2ccc(N3CCC(C(C)C)CC3)nc2)C1. The molecule has 2 fully saturated rings. The largest absolute Gasteiger partial charge is 0.384 e. The molecule has 0 aromatic carbocycles. The van der Waals surface area contributed by atoms with E-state index in [2.05, 4.69) is 23.7 Å². The molecular formula is C21H33N3O2. The van der Waals surface area contributed by atoms with Gasteiger partial charge in [0.05, 0.1) is 12.2 Å². The maximum atomic E-state index is 12.8. The minimum atomic E-state index is 0.100. The standard InChI is InChI=1S/C21H33N3O2/c1-16(2)18-8-11-23(12-9-18)20-7-6-19(13-22-20)21(25)24-10-4-5-17(14-24)15-26-3/h6-7,13,16-18H,4-5,8-12,14-15H2,1-3H3/t17-/m0/s1. The summed E-state index contributed by atoms with van der Waals surface area (Å²) in [6.07, 6.45) is 6.41. The minimum absolute atomic E-state index is 0.100. The van der Waals surface area contributed by atoms with Crippen LogP contribution in [-0.4, -0.2) is 55.7 Å². The van der Waals surface area contributed by atoms with E-state index in [4.69, 9.17) is 4.74 Å². The molecule has 2 saturated heterocycles. The molecule has 5 heteroatoms. The van der Waals surface area contributed by atoms with E-state index in [1.807, 2.05) is 17.0 Å². The maximum absolute atomic E-state index is 12.8. The number of pyridine rings is 1. The molecule has 1 amide bonds. The van der Waals surface area contributed by atoms with E-state index >= 15 is 0 Å². The van der Waals surface area contributed by atoms with Crippen LogP contribution in [0.25, 0.3) is 0 Å². The third kappa shape index (κ3) is 4.56. The van der Waals surface area contributed by atoms with Crippen molar-refractivity contribution in [3.05, 3.63) is 23.9 Å². The van der Waals surface area contributed by atoms with Crippen LogP contribution in [0.3, 0.4) is 0 Å². The number of ether oxygens (including phenoxy) is 1. The van der Waals surface area contributed by atoms with Crippen molar-refractivity contribution < 1.29 is 9.53 Å². The first-order valence-electron chi connectivity index (χ1n) is 10.1. The van der Waals surface area contributed by atoms with Crippen molar-refractivity contribution in [3.8, 4) is 0 Å². The Morgan fingerprint density at radius 1 is 1.23 bits per heavy atom. The van der Waals surface area contributed by atoms with Gasteiger partial charge in [0.1, 0.15) is 5.82 Å².